The summed E-state index contributed by atoms with van der Waals surface area (Å²) in [5.74, 6) is -0.437. The maximum absolute atomic E-state index is 13.2. The van der Waals surface area contributed by atoms with E-state index in [2.05, 4.69) is 0 Å². The molecule has 0 amide bonds. The van der Waals surface area contributed by atoms with Crippen molar-refractivity contribution in [3.05, 3.63) is 34.6 Å². The number of rotatable bonds is 3. The van der Waals surface area contributed by atoms with Crippen LogP contribution in [-0.4, -0.2) is 5.11 Å². The van der Waals surface area contributed by atoms with Crippen LogP contribution in [0.15, 0.2) is 18.2 Å². The summed E-state index contributed by atoms with van der Waals surface area (Å²) in [6.45, 7) is 1.94. The third-order valence-corrected chi connectivity index (χ3v) is 2.12. The fraction of sp³-hybridized carbons (Fsp3) is 0.400. The van der Waals surface area contributed by atoms with Crippen LogP contribution in [0.4, 0.5) is 4.39 Å². The second-order valence-electron chi connectivity index (χ2n) is 2.97. The normalized spacial score (nSPS) is 12.9. The van der Waals surface area contributed by atoms with Crippen molar-refractivity contribution in [3.8, 4) is 0 Å². The Morgan fingerprint density at radius 1 is 1.54 bits per heavy atom. The van der Waals surface area contributed by atoms with Gasteiger partial charge < -0.3 is 5.11 Å². The van der Waals surface area contributed by atoms with Crippen LogP contribution in [0.5, 0.6) is 0 Å². The second-order valence-corrected chi connectivity index (χ2v) is 3.41. The third-order valence-electron chi connectivity index (χ3n) is 1.88. The van der Waals surface area contributed by atoms with Crippen molar-refractivity contribution in [2.75, 3.05) is 0 Å². The Morgan fingerprint density at radius 2 is 2.23 bits per heavy atom. The summed E-state index contributed by atoms with van der Waals surface area (Å²) < 4.78 is 13.2. The lowest BCUT2D eigenvalue weighted by Crippen LogP contribution is -1.99. The van der Waals surface area contributed by atoms with Crippen molar-refractivity contribution in [2.45, 2.75) is 25.9 Å². The Bertz CT molecular complexity index is 288. The van der Waals surface area contributed by atoms with E-state index in [1.165, 1.54) is 12.1 Å². The van der Waals surface area contributed by atoms with E-state index in [1.807, 2.05) is 6.92 Å². The van der Waals surface area contributed by atoms with Gasteiger partial charge in [-0.05, 0) is 18.6 Å². The van der Waals surface area contributed by atoms with Crippen molar-refractivity contribution in [1.29, 1.82) is 0 Å². The molecule has 13 heavy (non-hydrogen) atoms. The van der Waals surface area contributed by atoms with E-state index in [0.717, 1.165) is 6.42 Å². The van der Waals surface area contributed by atoms with Crippen molar-refractivity contribution < 1.29 is 9.50 Å². The van der Waals surface area contributed by atoms with Gasteiger partial charge in [0.05, 0.1) is 6.10 Å². The molecule has 72 valence electrons. The minimum Gasteiger partial charge on any atom is -0.388 e. The van der Waals surface area contributed by atoms with E-state index < -0.39 is 11.9 Å². The summed E-state index contributed by atoms with van der Waals surface area (Å²) in [5.41, 5.74) is 0.325. The molecule has 0 aliphatic carbocycles. The summed E-state index contributed by atoms with van der Waals surface area (Å²) in [7, 11) is 0. The van der Waals surface area contributed by atoms with Gasteiger partial charge in [-0.15, -0.1) is 0 Å². The average molecular weight is 203 g/mol. The fourth-order valence-electron chi connectivity index (χ4n) is 1.20. The highest BCUT2D eigenvalue weighted by Gasteiger charge is 2.11. The highest BCUT2D eigenvalue weighted by Crippen LogP contribution is 2.23. The van der Waals surface area contributed by atoms with Gasteiger partial charge in [0.1, 0.15) is 5.82 Å². The van der Waals surface area contributed by atoms with Crippen LogP contribution in [0.2, 0.25) is 5.02 Å². The first kappa shape index (κ1) is 10.5. The molecule has 1 aromatic rings. The van der Waals surface area contributed by atoms with E-state index in [9.17, 15) is 9.50 Å². The first-order valence-corrected chi connectivity index (χ1v) is 4.66. The van der Waals surface area contributed by atoms with Gasteiger partial charge >= 0.3 is 0 Å². The standard InChI is InChI=1S/C10H12ClFO/c1-2-3-10(13)8-5-4-7(11)6-9(8)12/h4-6,10,13H,2-3H2,1H3/t10-/m0/s1. The van der Waals surface area contributed by atoms with E-state index >= 15 is 0 Å². The van der Waals surface area contributed by atoms with Gasteiger partial charge in [0, 0.05) is 10.6 Å². The van der Waals surface area contributed by atoms with E-state index in [-0.39, 0.29) is 0 Å². The zero-order chi connectivity index (χ0) is 9.84. The summed E-state index contributed by atoms with van der Waals surface area (Å²) in [6.07, 6.45) is 0.671. The maximum atomic E-state index is 13.2. The van der Waals surface area contributed by atoms with Gasteiger partial charge in [0.25, 0.3) is 0 Å². The first-order valence-electron chi connectivity index (χ1n) is 4.28. The molecule has 0 saturated heterocycles. The monoisotopic (exact) mass is 202 g/mol. The number of halogens is 2. The van der Waals surface area contributed by atoms with Crippen molar-refractivity contribution in [2.24, 2.45) is 0 Å². The van der Waals surface area contributed by atoms with Crippen LogP contribution < -0.4 is 0 Å². The summed E-state index contributed by atoms with van der Waals surface area (Å²) in [4.78, 5) is 0. The maximum Gasteiger partial charge on any atom is 0.130 e. The van der Waals surface area contributed by atoms with E-state index in [4.69, 9.17) is 11.6 Å². The molecule has 0 aliphatic rings. The largest absolute Gasteiger partial charge is 0.388 e. The van der Waals surface area contributed by atoms with E-state index in [1.54, 1.807) is 6.07 Å². The van der Waals surface area contributed by atoms with Crippen LogP contribution >= 0.6 is 11.6 Å². The number of hydrogen-bond donors (Lipinski definition) is 1. The molecule has 0 aromatic heterocycles. The molecular formula is C10H12ClFO. The lowest BCUT2D eigenvalue weighted by atomic mass is 10.1. The highest BCUT2D eigenvalue weighted by molar-refractivity contribution is 6.30. The molecule has 0 aliphatic heterocycles. The Labute approximate surface area is 82.2 Å². The van der Waals surface area contributed by atoms with Crippen LogP contribution in [0.3, 0.4) is 0 Å². The number of aliphatic hydroxyl groups is 1. The molecule has 0 fully saturated rings. The molecule has 0 saturated carbocycles. The zero-order valence-corrected chi connectivity index (χ0v) is 8.18. The second kappa shape index (κ2) is 4.58. The number of hydrogen-bond acceptors (Lipinski definition) is 1. The summed E-state index contributed by atoms with van der Waals surface area (Å²) in [6, 6.07) is 4.33. The lowest BCUT2D eigenvalue weighted by molar-refractivity contribution is 0.162. The minimum absolute atomic E-state index is 0.325. The number of aliphatic hydroxyl groups excluding tert-OH is 1. The van der Waals surface area contributed by atoms with Crippen molar-refractivity contribution in [1.82, 2.24) is 0 Å². The molecule has 0 spiro atoms. The fourth-order valence-corrected chi connectivity index (χ4v) is 1.36. The number of benzene rings is 1. The topological polar surface area (TPSA) is 20.2 Å². The molecule has 0 unspecified atom stereocenters. The molecule has 0 bridgehead atoms. The predicted molar refractivity (Wildman–Crippen MR) is 51.3 cm³/mol. The molecule has 1 rings (SSSR count). The molecular weight excluding hydrogens is 191 g/mol. The van der Waals surface area contributed by atoms with E-state index in [0.29, 0.717) is 17.0 Å². The summed E-state index contributed by atoms with van der Waals surface area (Å²) in [5, 5.41) is 9.86. The lowest BCUT2D eigenvalue weighted by Gasteiger charge is -2.10. The van der Waals surface area contributed by atoms with Gasteiger partial charge in [-0.2, -0.15) is 0 Å². The first-order chi connectivity index (χ1) is 6.15. The van der Waals surface area contributed by atoms with Gasteiger partial charge in [0.15, 0.2) is 0 Å². The molecule has 1 aromatic carbocycles. The SMILES string of the molecule is CCC[C@H](O)c1ccc(Cl)cc1F. The third kappa shape index (κ3) is 2.68. The van der Waals surface area contributed by atoms with Gasteiger partial charge in [-0.25, -0.2) is 4.39 Å². The van der Waals surface area contributed by atoms with Crippen molar-refractivity contribution in [3.63, 3.8) is 0 Å². The average Bonchev–Trinajstić information content (AvgIpc) is 2.04. The summed E-state index contributed by atoms with van der Waals surface area (Å²) >= 11 is 5.58. The van der Waals surface area contributed by atoms with Crippen molar-refractivity contribution >= 4 is 11.6 Å². The minimum atomic E-state index is -0.720. The zero-order valence-electron chi connectivity index (χ0n) is 7.43. The van der Waals surface area contributed by atoms with Crippen LogP contribution in [0.25, 0.3) is 0 Å². The van der Waals surface area contributed by atoms with Crippen LogP contribution in [0, 0.1) is 5.82 Å². The Balaban J connectivity index is 2.88. The predicted octanol–water partition coefficient (Wildman–Crippen LogP) is 3.31. The molecule has 3 heteroatoms. The Morgan fingerprint density at radius 3 is 2.77 bits per heavy atom. The molecule has 0 radical (unpaired) electrons. The molecule has 0 heterocycles. The van der Waals surface area contributed by atoms with Gasteiger partial charge in [0.2, 0.25) is 0 Å². The quantitative estimate of drug-likeness (QED) is 0.798. The molecule has 1 nitrogen and oxygen atoms in total. The highest BCUT2D eigenvalue weighted by atomic mass is 35.5. The van der Waals surface area contributed by atoms with Gasteiger partial charge in [-0.3, -0.25) is 0 Å². The molecule has 1 N–H and O–H groups in total. The Hall–Kier alpha value is -0.600. The molecule has 1 atom stereocenters. The Kier molecular flexibility index (Phi) is 3.70. The van der Waals surface area contributed by atoms with Gasteiger partial charge in [-0.1, -0.05) is 31.0 Å². The van der Waals surface area contributed by atoms with Crippen LogP contribution in [-0.2, 0) is 0 Å². The van der Waals surface area contributed by atoms with Crippen LogP contribution in [0.1, 0.15) is 31.4 Å². The smallest absolute Gasteiger partial charge is 0.130 e.